The maximum absolute atomic E-state index is 4.98. The van der Waals surface area contributed by atoms with Gasteiger partial charge in [-0.05, 0) is 61.7 Å². The van der Waals surface area contributed by atoms with Gasteiger partial charge in [0.1, 0.15) is 0 Å². The van der Waals surface area contributed by atoms with Gasteiger partial charge in [-0.3, -0.25) is 0 Å². The molecule has 3 heteroatoms. The van der Waals surface area contributed by atoms with Crippen molar-refractivity contribution in [3.8, 4) is 78.7 Å². The van der Waals surface area contributed by atoms with Crippen LogP contribution < -0.4 is 0 Å². The molecule has 0 aliphatic heterocycles. The van der Waals surface area contributed by atoms with Crippen LogP contribution in [0.5, 0.6) is 0 Å². The zero-order chi connectivity index (χ0) is 34.4. The summed E-state index contributed by atoms with van der Waals surface area (Å²) in [5, 5.41) is 0. The van der Waals surface area contributed by atoms with E-state index in [2.05, 4.69) is 153 Å². The number of aromatic nitrogens is 3. The van der Waals surface area contributed by atoms with E-state index in [4.69, 9.17) is 15.0 Å². The van der Waals surface area contributed by atoms with Crippen molar-refractivity contribution < 1.29 is 0 Å². The Kier molecular flexibility index (Phi) is 7.48. The maximum atomic E-state index is 4.98. The van der Waals surface area contributed by atoms with Crippen LogP contribution in [-0.4, -0.2) is 15.0 Å². The molecule has 1 aromatic heterocycles. The second-order valence-electron chi connectivity index (χ2n) is 13.7. The predicted molar refractivity (Wildman–Crippen MR) is 210 cm³/mol. The van der Waals surface area contributed by atoms with Gasteiger partial charge in [0.05, 0.1) is 0 Å². The quantitative estimate of drug-likeness (QED) is 0.179. The number of benzene rings is 7. The molecule has 0 bridgehead atoms. The molecule has 3 nitrogen and oxygen atoms in total. The molecule has 0 amide bonds. The van der Waals surface area contributed by atoms with Gasteiger partial charge in [-0.25, -0.2) is 15.0 Å². The topological polar surface area (TPSA) is 38.7 Å². The van der Waals surface area contributed by atoms with Gasteiger partial charge in [0, 0.05) is 22.1 Å². The van der Waals surface area contributed by atoms with Crippen LogP contribution in [0.3, 0.4) is 0 Å². The summed E-state index contributed by atoms with van der Waals surface area (Å²) in [6.07, 6.45) is 0. The van der Waals surface area contributed by atoms with Gasteiger partial charge in [-0.1, -0.05) is 184 Å². The fraction of sp³-hybridized carbons (Fsp3) is 0.0625. The Bertz CT molecular complexity index is 2500. The first-order valence-electron chi connectivity index (χ1n) is 17.4. The summed E-state index contributed by atoms with van der Waals surface area (Å²) in [6.45, 7) is 4.66. The molecule has 0 saturated carbocycles. The second kappa shape index (κ2) is 12.5. The molecular formula is C48H35N3. The monoisotopic (exact) mass is 653 g/mol. The smallest absolute Gasteiger partial charge is 0.164 e. The van der Waals surface area contributed by atoms with Crippen molar-refractivity contribution in [3.05, 3.63) is 187 Å². The molecule has 0 saturated heterocycles. The van der Waals surface area contributed by atoms with E-state index in [1.807, 2.05) is 36.4 Å². The lowest BCUT2D eigenvalue weighted by Gasteiger charge is -2.22. The molecular weight excluding hydrogens is 619 g/mol. The molecule has 9 rings (SSSR count). The molecule has 0 fully saturated rings. The molecule has 1 aliphatic carbocycles. The largest absolute Gasteiger partial charge is 0.208 e. The fourth-order valence-electron chi connectivity index (χ4n) is 7.34. The molecule has 1 aliphatic rings. The Morgan fingerprint density at radius 2 is 0.627 bits per heavy atom. The van der Waals surface area contributed by atoms with Gasteiger partial charge in [-0.15, -0.1) is 0 Å². The van der Waals surface area contributed by atoms with E-state index in [1.54, 1.807) is 0 Å². The second-order valence-corrected chi connectivity index (χ2v) is 13.7. The number of rotatable bonds is 6. The van der Waals surface area contributed by atoms with Gasteiger partial charge < -0.3 is 0 Å². The maximum Gasteiger partial charge on any atom is 0.164 e. The third kappa shape index (κ3) is 5.63. The summed E-state index contributed by atoms with van der Waals surface area (Å²) < 4.78 is 0. The van der Waals surface area contributed by atoms with Crippen molar-refractivity contribution in [2.45, 2.75) is 19.3 Å². The van der Waals surface area contributed by atoms with E-state index in [1.165, 1.54) is 44.5 Å². The van der Waals surface area contributed by atoms with Crippen molar-refractivity contribution in [2.24, 2.45) is 0 Å². The minimum Gasteiger partial charge on any atom is -0.208 e. The first-order chi connectivity index (χ1) is 25.0. The fourth-order valence-corrected chi connectivity index (χ4v) is 7.34. The van der Waals surface area contributed by atoms with Crippen molar-refractivity contribution in [1.29, 1.82) is 0 Å². The molecule has 7 aromatic carbocycles. The summed E-state index contributed by atoms with van der Waals surface area (Å²) in [5.74, 6) is 1.95. The van der Waals surface area contributed by atoms with Crippen LogP contribution in [0, 0.1) is 0 Å². The standard InChI is InChI=1S/C48H35N3/c1-48(2)43-16-10-9-15-41(43)42-30-29-40(31-44(42)48)36-19-17-34(18-20-36)35-23-27-39(28-24-35)47-50-45(37-13-7-4-8-14-37)49-46(51-47)38-25-21-33(22-26-38)32-11-5-3-6-12-32/h3-31H,1-2H3. The molecule has 0 N–H and O–H groups in total. The van der Waals surface area contributed by atoms with E-state index in [-0.39, 0.29) is 5.41 Å². The molecule has 242 valence electrons. The Balaban J connectivity index is 1.01. The van der Waals surface area contributed by atoms with Crippen LogP contribution in [0.15, 0.2) is 176 Å². The summed E-state index contributed by atoms with van der Waals surface area (Å²) >= 11 is 0. The third-order valence-corrected chi connectivity index (χ3v) is 10.2. The van der Waals surface area contributed by atoms with Crippen molar-refractivity contribution in [1.82, 2.24) is 15.0 Å². The molecule has 0 atom stereocenters. The lowest BCUT2D eigenvalue weighted by Crippen LogP contribution is -2.14. The van der Waals surface area contributed by atoms with Crippen LogP contribution in [0.25, 0.3) is 78.7 Å². The highest BCUT2D eigenvalue weighted by Crippen LogP contribution is 2.49. The zero-order valence-electron chi connectivity index (χ0n) is 28.6. The summed E-state index contributed by atoms with van der Waals surface area (Å²) in [7, 11) is 0. The third-order valence-electron chi connectivity index (χ3n) is 10.2. The summed E-state index contributed by atoms with van der Waals surface area (Å²) in [5.41, 5.74) is 15.4. The van der Waals surface area contributed by atoms with Crippen LogP contribution in [0.4, 0.5) is 0 Å². The Labute approximate surface area is 299 Å². The molecule has 51 heavy (non-hydrogen) atoms. The van der Waals surface area contributed by atoms with E-state index in [9.17, 15) is 0 Å². The van der Waals surface area contributed by atoms with Gasteiger partial charge >= 0.3 is 0 Å². The van der Waals surface area contributed by atoms with Crippen molar-refractivity contribution >= 4 is 0 Å². The number of nitrogens with zero attached hydrogens (tertiary/aromatic N) is 3. The molecule has 8 aromatic rings. The number of fused-ring (bicyclic) bond motifs is 3. The average molecular weight is 654 g/mol. The highest BCUT2D eigenvalue weighted by molar-refractivity contribution is 5.84. The highest BCUT2D eigenvalue weighted by atomic mass is 15.0. The predicted octanol–water partition coefficient (Wildman–Crippen LogP) is 12.2. The van der Waals surface area contributed by atoms with Gasteiger partial charge in [0.2, 0.25) is 0 Å². The lowest BCUT2D eigenvalue weighted by atomic mass is 9.81. The highest BCUT2D eigenvalue weighted by Gasteiger charge is 2.35. The van der Waals surface area contributed by atoms with Crippen LogP contribution >= 0.6 is 0 Å². The normalized spacial score (nSPS) is 12.7. The van der Waals surface area contributed by atoms with Crippen LogP contribution in [-0.2, 0) is 5.41 Å². The Hall–Kier alpha value is -6.45. The minimum absolute atomic E-state index is 0.0161. The van der Waals surface area contributed by atoms with Gasteiger partial charge in [-0.2, -0.15) is 0 Å². The Morgan fingerprint density at radius 1 is 0.294 bits per heavy atom. The average Bonchev–Trinajstić information content (AvgIpc) is 3.44. The first-order valence-corrected chi connectivity index (χ1v) is 17.4. The van der Waals surface area contributed by atoms with Gasteiger partial charge in [0.25, 0.3) is 0 Å². The summed E-state index contributed by atoms with van der Waals surface area (Å²) in [4.78, 5) is 14.8. The van der Waals surface area contributed by atoms with E-state index in [0.29, 0.717) is 17.5 Å². The molecule has 0 unspecified atom stereocenters. The summed E-state index contributed by atoms with van der Waals surface area (Å²) in [6, 6.07) is 62.1. The molecule has 0 radical (unpaired) electrons. The number of hydrogen-bond donors (Lipinski definition) is 0. The molecule has 0 spiro atoms. The first kappa shape index (κ1) is 30.6. The Morgan fingerprint density at radius 3 is 1.14 bits per heavy atom. The minimum atomic E-state index is -0.0161. The van der Waals surface area contributed by atoms with Gasteiger partial charge in [0.15, 0.2) is 17.5 Å². The SMILES string of the molecule is CC1(C)c2ccccc2-c2ccc(-c3ccc(-c4ccc(-c5nc(-c6ccccc6)nc(-c6ccc(-c7ccccc7)cc6)n5)cc4)cc3)cc21. The number of hydrogen-bond acceptors (Lipinski definition) is 3. The van der Waals surface area contributed by atoms with Crippen LogP contribution in [0.1, 0.15) is 25.0 Å². The zero-order valence-corrected chi connectivity index (χ0v) is 28.6. The lowest BCUT2D eigenvalue weighted by molar-refractivity contribution is 0.660. The van der Waals surface area contributed by atoms with Crippen molar-refractivity contribution in [3.63, 3.8) is 0 Å². The van der Waals surface area contributed by atoms with Crippen LogP contribution in [0.2, 0.25) is 0 Å². The van der Waals surface area contributed by atoms with E-state index >= 15 is 0 Å². The molecule has 1 heterocycles. The van der Waals surface area contributed by atoms with E-state index in [0.717, 1.165) is 27.8 Å². The van der Waals surface area contributed by atoms with Crippen molar-refractivity contribution in [2.75, 3.05) is 0 Å². The van der Waals surface area contributed by atoms with E-state index < -0.39 is 0 Å².